The van der Waals surface area contributed by atoms with Gasteiger partial charge in [-0.2, -0.15) is 5.10 Å². The van der Waals surface area contributed by atoms with Crippen LogP contribution < -0.4 is 5.43 Å². The van der Waals surface area contributed by atoms with E-state index in [1.165, 1.54) is 0 Å². The van der Waals surface area contributed by atoms with E-state index in [0.717, 1.165) is 27.5 Å². The van der Waals surface area contributed by atoms with Gasteiger partial charge in [-0.1, -0.05) is 41.4 Å². The molecule has 1 heterocycles. The van der Waals surface area contributed by atoms with Crippen molar-refractivity contribution < 1.29 is 4.79 Å². The molecule has 0 aliphatic rings. The summed E-state index contributed by atoms with van der Waals surface area (Å²) in [6, 6.07) is 17.6. The van der Waals surface area contributed by atoms with Crippen LogP contribution in [0.4, 0.5) is 0 Å². The lowest BCUT2D eigenvalue weighted by Crippen LogP contribution is -2.17. The van der Waals surface area contributed by atoms with Crippen LogP contribution in [-0.4, -0.2) is 22.4 Å². The molecule has 1 N–H and O–H groups in total. The molecule has 3 aromatic rings. The van der Waals surface area contributed by atoms with E-state index in [1.54, 1.807) is 24.0 Å². The Bertz CT molecular complexity index is 1030. The van der Waals surface area contributed by atoms with Crippen molar-refractivity contribution in [2.75, 3.05) is 5.75 Å². The van der Waals surface area contributed by atoms with Gasteiger partial charge in [-0.25, -0.2) is 5.43 Å². The van der Waals surface area contributed by atoms with Crippen molar-refractivity contribution in [2.45, 2.75) is 25.2 Å². The number of rotatable bonds is 7. The second-order valence-corrected chi connectivity index (χ2v) is 8.45. The van der Waals surface area contributed by atoms with Gasteiger partial charge in [0, 0.05) is 39.7 Å². The van der Waals surface area contributed by atoms with Gasteiger partial charge >= 0.3 is 0 Å². The van der Waals surface area contributed by atoms with E-state index in [2.05, 4.69) is 15.1 Å². The van der Waals surface area contributed by atoms with Crippen LogP contribution >= 0.6 is 35.0 Å². The van der Waals surface area contributed by atoms with Crippen LogP contribution in [0.15, 0.2) is 64.6 Å². The number of aromatic nitrogens is 1. The Morgan fingerprint density at radius 1 is 1.10 bits per heavy atom. The first-order chi connectivity index (χ1) is 14.0. The third-order valence-electron chi connectivity index (χ3n) is 4.37. The molecule has 150 valence electrons. The number of aryl methyl sites for hydroxylation is 1. The number of hydrazone groups is 1. The molecule has 2 aromatic carbocycles. The average Bonchev–Trinajstić information content (AvgIpc) is 2.98. The lowest BCUT2D eigenvalue weighted by molar-refractivity contribution is -0.120. The maximum absolute atomic E-state index is 12.0. The van der Waals surface area contributed by atoms with Gasteiger partial charge in [0.2, 0.25) is 5.91 Å². The zero-order valence-corrected chi connectivity index (χ0v) is 18.5. The number of nitrogens with one attached hydrogen (secondary N) is 1. The van der Waals surface area contributed by atoms with Crippen LogP contribution in [0.25, 0.3) is 5.69 Å². The molecule has 0 aliphatic carbocycles. The SMILES string of the molecule is Cc1cc(/C=N\NC(=O)CCSc2ccccc2)c(C)n1-c1ccc(Cl)c(Cl)c1. The highest BCUT2D eigenvalue weighted by Gasteiger charge is 2.11. The summed E-state index contributed by atoms with van der Waals surface area (Å²) >= 11 is 13.8. The second-order valence-electron chi connectivity index (χ2n) is 6.46. The van der Waals surface area contributed by atoms with Gasteiger partial charge < -0.3 is 4.57 Å². The van der Waals surface area contributed by atoms with Crippen LogP contribution in [0.2, 0.25) is 10.0 Å². The maximum Gasteiger partial charge on any atom is 0.240 e. The Hall–Kier alpha value is -2.21. The smallest absolute Gasteiger partial charge is 0.240 e. The number of hydrogen-bond donors (Lipinski definition) is 1. The highest BCUT2D eigenvalue weighted by molar-refractivity contribution is 7.99. The van der Waals surface area contributed by atoms with Crippen molar-refractivity contribution in [3.8, 4) is 5.69 Å². The van der Waals surface area contributed by atoms with Gasteiger partial charge in [0.05, 0.1) is 16.3 Å². The maximum atomic E-state index is 12.0. The molecule has 0 saturated carbocycles. The molecular formula is C22H21Cl2N3OS. The minimum atomic E-state index is -0.108. The third kappa shape index (κ3) is 5.66. The van der Waals surface area contributed by atoms with Crippen molar-refractivity contribution in [1.82, 2.24) is 9.99 Å². The molecule has 1 aromatic heterocycles. The molecular weight excluding hydrogens is 425 g/mol. The molecule has 0 bridgehead atoms. The number of carbonyl (C=O) groups is 1. The highest BCUT2D eigenvalue weighted by Crippen LogP contribution is 2.27. The normalized spacial score (nSPS) is 11.2. The van der Waals surface area contributed by atoms with Crippen molar-refractivity contribution in [2.24, 2.45) is 5.10 Å². The third-order valence-corrected chi connectivity index (χ3v) is 6.12. The Morgan fingerprint density at radius 3 is 2.59 bits per heavy atom. The van der Waals surface area contributed by atoms with Gasteiger partial charge in [-0.05, 0) is 50.2 Å². The van der Waals surface area contributed by atoms with Crippen LogP contribution in [0.3, 0.4) is 0 Å². The summed E-state index contributed by atoms with van der Waals surface area (Å²) in [5.74, 6) is 0.597. The summed E-state index contributed by atoms with van der Waals surface area (Å²) < 4.78 is 2.07. The monoisotopic (exact) mass is 445 g/mol. The van der Waals surface area contributed by atoms with Crippen molar-refractivity contribution in [3.05, 3.63) is 81.6 Å². The zero-order valence-electron chi connectivity index (χ0n) is 16.2. The van der Waals surface area contributed by atoms with Crippen LogP contribution in [0.1, 0.15) is 23.4 Å². The highest BCUT2D eigenvalue weighted by atomic mass is 35.5. The van der Waals surface area contributed by atoms with Crippen LogP contribution in [0, 0.1) is 13.8 Å². The Balaban J connectivity index is 1.59. The first kappa shape index (κ1) is 21.5. The summed E-state index contributed by atoms with van der Waals surface area (Å²) in [4.78, 5) is 13.2. The lowest BCUT2D eigenvalue weighted by Gasteiger charge is -2.10. The van der Waals surface area contributed by atoms with E-state index in [-0.39, 0.29) is 5.91 Å². The molecule has 0 fully saturated rings. The molecule has 0 aliphatic heterocycles. The lowest BCUT2D eigenvalue weighted by atomic mass is 10.2. The topological polar surface area (TPSA) is 46.4 Å². The predicted octanol–water partition coefficient (Wildman–Crippen LogP) is 6.03. The van der Waals surface area contributed by atoms with Gasteiger partial charge in [-0.3, -0.25) is 4.79 Å². The Kier molecular flexibility index (Phi) is 7.42. The number of nitrogens with zero attached hydrogens (tertiary/aromatic N) is 2. The fourth-order valence-electron chi connectivity index (χ4n) is 2.95. The number of amides is 1. The number of benzene rings is 2. The van der Waals surface area contributed by atoms with E-state index < -0.39 is 0 Å². The van der Waals surface area contributed by atoms with E-state index in [1.807, 2.05) is 62.4 Å². The molecule has 0 spiro atoms. The first-order valence-corrected chi connectivity index (χ1v) is 10.8. The molecule has 7 heteroatoms. The van der Waals surface area contributed by atoms with Gasteiger partial charge in [-0.15, -0.1) is 11.8 Å². The van der Waals surface area contributed by atoms with Gasteiger partial charge in [0.15, 0.2) is 0 Å². The van der Waals surface area contributed by atoms with E-state index in [4.69, 9.17) is 23.2 Å². The minimum absolute atomic E-state index is 0.108. The van der Waals surface area contributed by atoms with Crippen LogP contribution in [0.5, 0.6) is 0 Å². The summed E-state index contributed by atoms with van der Waals surface area (Å²) in [6.45, 7) is 4.00. The number of halogens is 2. The molecule has 0 unspecified atom stereocenters. The van der Waals surface area contributed by atoms with Crippen molar-refractivity contribution in [1.29, 1.82) is 0 Å². The molecule has 4 nitrogen and oxygen atoms in total. The number of carbonyl (C=O) groups excluding carboxylic acids is 1. The first-order valence-electron chi connectivity index (χ1n) is 9.10. The van der Waals surface area contributed by atoms with E-state index >= 15 is 0 Å². The average molecular weight is 446 g/mol. The molecule has 29 heavy (non-hydrogen) atoms. The summed E-state index contributed by atoms with van der Waals surface area (Å²) in [6.07, 6.45) is 2.07. The zero-order chi connectivity index (χ0) is 20.8. The summed E-state index contributed by atoms with van der Waals surface area (Å²) in [7, 11) is 0. The molecule has 0 atom stereocenters. The second kappa shape index (κ2) is 10.0. The fourth-order valence-corrected chi connectivity index (χ4v) is 4.11. The fraction of sp³-hybridized carbons (Fsp3) is 0.182. The van der Waals surface area contributed by atoms with Crippen LogP contribution in [-0.2, 0) is 4.79 Å². The van der Waals surface area contributed by atoms with Crippen molar-refractivity contribution in [3.63, 3.8) is 0 Å². The molecule has 3 rings (SSSR count). The summed E-state index contributed by atoms with van der Waals surface area (Å²) in [5.41, 5.74) is 6.48. The predicted molar refractivity (Wildman–Crippen MR) is 123 cm³/mol. The van der Waals surface area contributed by atoms with Crippen molar-refractivity contribution >= 4 is 47.1 Å². The van der Waals surface area contributed by atoms with E-state index in [0.29, 0.717) is 22.2 Å². The van der Waals surface area contributed by atoms with Gasteiger partial charge in [0.25, 0.3) is 0 Å². The van der Waals surface area contributed by atoms with E-state index in [9.17, 15) is 4.79 Å². The largest absolute Gasteiger partial charge is 0.318 e. The standard InChI is InChI=1S/C22H21Cl2N3OS/c1-15-12-17(16(2)27(15)18-8-9-20(23)21(24)13-18)14-25-26-22(28)10-11-29-19-6-4-3-5-7-19/h3-9,12-14H,10-11H2,1-2H3,(H,26,28)/b25-14-. The molecule has 0 saturated heterocycles. The molecule has 0 radical (unpaired) electrons. The Morgan fingerprint density at radius 2 is 1.86 bits per heavy atom. The Labute approximate surface area is 184 Å². The minimum Gasteiger partial charge on any atom is -0.318 e. The van der Waals surface area contributed by atoms with Gasteiger partial charge in [0.1, 0.15) is 0 Å². The number of thioether (sulfide) groups is 1. The summed E-state index contributed by atoms with van der Waals surface area (Å²) in [5, 5.41) is 5.14. The number of hydrogen-bond acceptors (Lipinski definition) is 3. The quantitative estimate of drug-likeness (QED) is 0.274. The molecule has 1 amide bonds.